The number of fused-ring (bicyclic) bond motifs is 1. The highest BCUT2D eigenvalue weighted by molar-refractivity contribution is 5.88. The Hall–Kier alpha value is -6.70. The molecule has 0 N–H and O–H groups in total. The molecule has 0 aliphatic heterocycles. The van der Waals surface area contributed by atoms with Crippen LogP contribution in [0.25, 0.3) is 67.2 Å². The molecule has 4 bridgehead atoms. The van der Waals surface area contributed by atoms with E-state index in [-0.39, 0.29) is 10.8 Å². The predicted octanol–water partition coefficient (Wildman–Crippen LogP) is 12.6. The van der Waals surface area contributed by atoms with E-state index in [2.05, 4.69) is 103 Å². The zero-order valence-corrected chi connectivity index (χ0v) is 31.6. The van der Waals surface area contributed by atoms with Gasteiger partial charge in [0.2, 0.25) is 0 Å². The number of rotatable bonds is 7. The summed E-state index contributed by atoms with van der Waals surface area (Å²) in [4.78, 5) is 14.7. The largest absolute Gasteiger partial charge is 0.208 e. The summed E-state index contributed by atoms with van der Waals surface area (Å²) in [7, 11) is 0. The Morgan fingerprint density at radius 2 is 0.947 bits per heavy atom. The van der Waals surface area contributed by atoms with E-state index in [0.29, 0.717) is 23.0 Å². The Morgan fingerprint density at radius 1 is 0.456 bits per heavy atom. The van der Waals surface area contributed by atoms with E-state index in [1.54, 1.807) is 0 Å². The van der Waals surface area contributed by atoms with Crippen molar-refractivity contribution in [1.82, 2.24) is 15.0 Å². The van der Waals surface area contributed by atoms with E-state index in [0.717, 1.165) is 33.9 Å². The maximum atomic E-state index is 9.31. The molecule has 57 heavy (non-hydrogen) atoms. The summed E-state index contributed by atoms with van der Waals surface area (Å²) in [6.07, 6.45) is 6.53. The van der Waals surface area contributed by atoms with Crippen molar-refractivity contribution in [2.24, 2.45) is 11.8 Å². The number of aromatic nitrogens is 3. The molecule has 272 valence electrons. The molecule has 4 aliphatic carbocycles. The molecule has 0 radical (unpaired) electrons. The van der Waals surface area contributed by atoms with Gasteiger partial charge in [0, 0.05) is 16.7 Å². The van der Waals surface area contributed by atoms with Crippen molar-refractivity contribution in [3.05, 3.63) is 187 Å². The number of hydrogen-bond donors (Lipinski definition) is 0. The molecule has 8 aromatic rings. The molecule has 4 fully saturated rings. The second-order valence-electron chi connectivity index (χ2n) is 16.7. The van der Waals surface area contributed by atoms with Crippen molar-refractivity contribution in [1.29, 1.82) is 5.26 Å². The fraction of sp³-hybridized carbons (Fsp3) is 0.170. The smallest absolute Gasteiger partial charge is 0.164 e. The van der Waals surface area contributed by atoms with Crippen LogP contribution in [0, 0.1) is 23.2 Å². The molecule has 1 heterocycles. The van der Waals surface area contributed by atoms with E-state index in [1.807, 2.05) is 72.8 Å². The monoisotopic (exact) mass is 732 g/mol. The Kier molecular flexibility index (Phi) is 7.79. The highest BCUT2D eigenvalue weighted by Gasteiger charge is 2.64. The lowest BCUT2D eigenvalue weighted by Crippen LogP contribution is -2.35. The van der Waals surface area contributed by atoms with E-state index in [1.165, 1.54) is 70.9 Å². The van der Waals surface area contributed by atoms with E-state index in [9.17, 15) is 5.26 Å². The van der Waals surface area contributed by atoms with Crippen LogP contribution in [-0.2, 0) is 10.8 Å². The van der Waals surface area contributed by atoms with Gasteiger partial charge in [0.05, 0.1) is 11.6 Å². The lowest BCUT2D eigenvalue weighted by Gasteiger charge is -2.42. The Morgan fingerprint density at radius 3 is 1.56 bits per heavy atom. The maximum absolute atomic E-state index is 9.31. The number of nitrogens with zero attached hydrogens (tertiary/aromatic N) is 4. The minimum absolute atomic E-state index is 0.256. The summed E-state index contributed by atoms with van der Waals surface area (Å²) in [6, 6.07) is 62.7. The first-order chi connectivity index (χ1) is 28.0. The van der Waals surface area contributed by atoms with Crippen LogP contribution in [0.1, 0.15) is 48.8 Å². The van der Waals surface area contributed by atoms with Gasteiger partial charge in [-0.25, -0.2) is 15.0 Å². The second-order valence-corrected chi connectivity index (χ2v) is 16.7. The fourth-order valence-electron chi connectivity index (χ4n) is 10.9. The molecule has 0 spiro atoms. The Balaban J connectivity index is 0.843. The van der Waals surface area contributed by atoms with Gasteiger partial charge < -0.3 is 0 Å². The van der Waals surface area contributed by atoms with Crippen LogP contribution < -0.4 is 0 Å². The van der Waals surface area contributed by atoms with Crippen LogP contribution in [0.5, 0.6) is 0 Å². The van der Waals surface area contributed by atoms with Gasteiger partial charge in [0.1, 0.15) is 0 Å². The first-order valence-electron chi connectivity index (χ1n) is 20.2. The summed E-state index contributed by atoms with van der Waals surface area (Å²) < 4.78 is 0. The number of nitriles is 1. The SMILES string of the molecule is N#Cc1ccc2cc(-c3ccc(C45CC6CC(C4)C(c4ccc(-c7ccc(-c8nc(-c9ccccc9)nc(-c9ccccc9)n8)cc7)cc4)(C6)C5)cc3)ccc2c1. The lowest BCUT2D eigenvalue weighted by molar-refractivity contribution is 0.220. The highest BCUT2D eigenvalue weighted by Crippen LogP contribution is 2.71. The normalized spacial score (nSPS) is 21.8. The van der Waals surface area contributed by atoms with Crippen molar-refractivity contribution in [3.8, 4) is 62.5 Å². The molecule has 0 saturated heterocycles. The van der Waals surface area contributed by atoms with Gasteiger partial charge in [-0.3, -0.25) is 0 Å². The second kappa shape index (κ2) is 13.2. The van der Waals surface area contributed by atoms with Crippen LogP contribution in [0.15, 0.2) is 170 Å². The Bertz CT molecular complexity index is 2770. The van der Waals surface area contributed by atoms with Crippen LogP contribution in [-0.4, -0.2) is 15.0 Å². The first-order valence-corrected chi connectivity index (χ1v) is 20.2. The molecular weight excluding hydrogens is 693 g/mol. The van der Waals surface area contributed by atoms with Crippen LogP contribution in [0.2, 0.25) is 0 Å². The minimum Gasteiger partial charge on any atom is -0.208 e. The summed E-state index contributed by atoms with van der Waals surface area (Å²) in [5.74, 6) is 3.55. The van der Waals surface area contributed by atoms with Crippen molar-refractivity contribution >= 4 is 10.8 Å². The third-order valence-electron chi connectivity index (χ3n) is 13.5. The molecule has 4 aliphatic rings. The molecule has 0 amide bonds. The number of benzene rings is 7. The molecule has 12 rings (SSSR count). The molecule has 4 nitrogen and oxygen atoms in total. The fourth-order valence-corrected chi connectivity index (χ4v) is 10.9. The summed E-state index contributed by atoms with van der Waals surface area (Å²) >= 11 is 0. The zero-order chi connectivity index (χ0) is 38.0. The van der Waals surface area contributed by atoms with Crippen LogP contribution in [0.4, 0.5) is 0 Å². The van der Waals surface area contributed by atoms with Gasteiger partial charge in [-0.1, -0.05) is 152 Å². The van der Waals surface area contributed by atoms with Gasteiger partial charge >= 0.3 is 0 Å². The molecule has 4 unspecified atom stereocenters. The summed E-state index contributed by atoms with van der Waals surface area (Å²) in [5.41, 5.74) is 12.1. The molecule has 7 aromatic carbocycles. The Labute approximate surface area is 333 Å². The molecule has 4 saturated carbocycles. The average molecular weight is 733 g/mol. The van der Waals surface area contributed by atoms with Crippen LogP contribution in [0.3, 0.4) is 0 Å². The summed E-state index contributed by atoms with van der Waals surface area (Å²) in [5, 5.41) is 11.6. The van der Waals surface area contributed by atoms with E-state index >= 15 is 0 Å². The first kappa shape index (κ1) is 33.6. The molecule has 1 aromatic heterocycles. The number of hydrogen-bond acceptors (Lipinski definition) is 4. The van der Waals surface area contributed by atoms with Gasteiger partial charge in [0.25, 0.3) is 0 Å². The zero-order valence-electron chi connectivity index (χ0n) is 31.6. The highest BCUT2D eigenvalue weighted by atomic mass is 15.0. The third-order valence-corrected chi connectivity index (χ3v) is 13.5. The van der Waals surface area contributed by atoms with Crippen LogP contribution >= 0.6 is 0 Å². The molecule has 4 heteroatoms. The maximum Gasteiger partial charge on any atom is 0.164 e. The van der Waals surface area contributed by atoms with Crippen molar-refractivity contribution in [2.45, 2.75) is 42.9 Å². The minimum atomic E-state index is 0.256. The third kappa shape index (κ3) is 5.77. The van der Waals surface area contributed by atoms with E-state index < -0.39 is 0 Å². The summed E-state index contributed by atoms with van der Waals surface area (Å²) in [6.45, 7) is 0. The molecule has 4 atom stereocenters. The standard InChI is InChI=1S/C53H40N4/c54-33-35-11-12-45-29-44(18-17-43(45)27-35)39-19-23-46(24-20-39)52-30-36-28-48(32-52)53(31-36,34-52)47-25-21-38(22-26-47)37-13-15-42(16-14-37)51-56-49(40-7-3-1-4-8-40)55-50(57-51)41-9-5-2-6-10-41/h1-27,29,36,48H,28,30-32,34H2. The van der Waals surface area contributed by atoms with Gasteiger partial charge in [-0.05, 0) is 117 Å². The van der Waals surface area contributed by atoms with Crippen molar-refractivity contribution < 1.29 is 0 Å². The predicted molar refractivity (Wildman–Crippen MR) is 229 cm³/mol. The van der Waals surface area contributed by atoms with E-state index in [4.69, 9.17) is 15.0 Å². The van der Waals surface area contributed by atoms with Gasteiger partial charge in [-0.15, -0.1) is 0 Å². The van der Waals surface area contributed by atoms with Gasteiger partial charge in [-0.2, -0.15) is 5.26 Å². The molecular formula is C53H40N4. The van der Waals surface area contributed by atoms with Crippen molar-refractivity contribution in [2.75, 3.05) is 0 Å². The lowest BCUT2D eigenvalue weighted by atomic mass is 9.62. The quantitative estimate of drug-likeness (QED) is 0.164. The average Bonchev–Trinajstić information content (AvgIpc) is 3.68. The topological polar surface area (TPSA) is 62.5 Å². The van der Waals surface area contributed by atoms with Gasteiger partial charge in [0.15, 0.2) is 17.5 Å². The van der Waals surface area contributed by atoms with Crippen molar-refractivity contribution in [3.63, 3.8) is 0 Å².